The van der Waals surface area contributed by atoms with Crippen LogP contribution in [-0.4, -0.2) is 46.6 Å². The van der Waals surface area contributed by atoms with Crippen LogP contribution in [0, 0.1) is 6.92 Å². The predicted molar refractivity (Wildman–Crippen MR) is 123 cm³/mol. The Morgan fingerprint density at radius 3 is 2.84 bits per heavy atom. The molecule has 0 aliphatic carbocycles. The lowest BCUT2D eigenvalue weighted by Gasteiger charge is -2.34. The minimum absolute atomic E-state index is 0.102. The minimum Gasteiger partial charge on any atom is -0.378 e. The molecule has 162 valence electrons. The molecule has 2 aliphatic rings. The van der Waals surface area contributed by atoms with Crippen LogP contribution in [-0.2, 0) is 9.53 Å². The molecule has 0 unspecified atom stereocenters. The van der Waals surface area contributed by atoms with Gasteiger partial charge in [-0.3, -0.25) is 9.78 Å². The first-order chi connectivity index (χ1) is 15.2. The summed E-state index contributed by atoms with van der Waals surface area (Å²) in [6.45, 7) is 4.56. The van der Waals surface area contributed by atoms with E-state index in [0.717, 1.165) is 50.9 Å². The van der Waals surface area contributed by atoms with E-state index in [4.69, 9.17) is 4.74 Å². The number of likely N-dealkylation sites (tertiary alicyclic amines) is 1. The van der Waals surface area contributed by atoms with Crippen LogP contribution in [0.2, 0.25) is 0 Å². The van der Waals surface area contributed by atoms with Gasteiger partial charge in [-0.15, -0.1) is 0 Å². The van der Waals surface area contributed by atoms with Crippen LogP contribution in [0.25, 0.3) is 22.0 Å². The maximum atomic E-state index is 13.0. The van der Waals surface area contributed by atoms with Gasteiger partial charge in [0, 0.05) is 60.2 Å². The van der Waals surface area contributed by atoms with Crippen LogP contribution in [0.5, 0.6) is 0 Å². The lowest BCUT2D eigenvalue weighted by atomic mass is 9.89. The second-order valence-electron chi connectivity index (χ2n) is 9.07. The highest BCUT2D eigenvalue weighted by Gasteiger charge is 2.30. The fraction of sp³-hybridized carbons (Fsp3) is 0.462. The van der Waals surface area contributed by atoms with Gasteiger partial charge in [-0.05, 0) is 68.9 Å². The number of H-pyrrole nitrogens is 1. The molecule has 0 radical (unpaired) electrons. The van der Waals surface area contributed by atoms with Crippen LogP contribution < -0.4 is 0 Å². The van der Waals surface area contributed by atoms with Crippen molar-refractivity contribution in [2.75, 3.05) is 19.7 Å². The Kier molecular flexibility index (Phi) is 5.77. The number of rotatable bonds is 4. The number of amides is 1. The van der Waals surface area contributed by atoms with Crippen LogP contribution in [0.15, 0.2) is 42.7 Å². The van der Waals surface area contributed by atoms with E-state index in [0.29, 0.717) is 12.3 Å². The van der Waals surface area contributed by atoms with E-state index in [-0.39, 0.29) is 12.0 Å². The van der Waals surface area contributed by atoms with Gasteiger partial charge in [-0.2, -0.15) is 0 Å². The van der Waals surface area contributed by atoms with Gasteiger partial charge in [0.2, 0.25) is 5.91 Å². The SMILES string of the molecule is Cc1ccc2[nH]c([C@@H]3CCCN(C(=O)C[C@H]4CCCCO4)C3)c(-c3ccncc3)c2c1. The first-order valence-corrected chi connectivity index (χ1v) is 11.6. The number of nitrogens with one attached hydrogen (secondary N) is 1. The number of aromatic nitrogens is 2. The molecule has 5 heteroatoms. The Morgan fingerprint density at radius 2 is 2.03 bits per heavy atom. The number of nitrogens with zero attached hydrogens (tertiary/aromatic N) is 2. The van der Waals surface area contributed by atoms with Crippen molar-refractivity contribution >= 4 is 16.8 Å². The number of hydrogen-bond donors (Lipinski definition) is 1. The Hall–Kier alpha value is -2.66. The zero-order chi connectivity index (χ0) is 21.2. The van der Waals surface area contributed by atoms with E-state index in [1.807, 2.05) is 12.4 Å². The Morgan fingerprint density at radius 1 is 1.16 bits per heavy atom. The molecule has 3 aromatic rings. The van der Waals surface area contributed by atoms with Crippen LogP contribution in [0.3, 0.4) is 0 Å². The molecule has 1 amide bonds. The number of pyridine rings is 1. The molecule has 2 fully saturated rings. The summed E-state index contributed by atoms with van der Waals surface area (Å²) in [7, 11) is 0. The van der Waals surface area contributed by atoms with E-state index in [1.165, 1.54) is 34.2 Å². The van der Waals surface area contributed by atoms with E-state index in [2.05, 4.69) is 52.1 Å². The summed E-state index contributed by atoms with van der Waals surface area (Å²) in [6, 6.07) is 10.8. The maximum Gasteiger partial charge on any atom is 0.225 e. The summed E-state index contributed by atoms with van der Waals surface area (Å²) in [4.78, 5) is 23.0. The number of aromatic amines is 1. The third-order valence-electron chi connectivity index (χ3n) is 6.81. The van der Waals surface area contributed by atoms with Gasteiger partial charge in [0.1, 0.15) is 0 Å². The van der Waals surface area contributed by atoms with Crippen LogP contribution in [0.4, 0.5) is 0 Å². The average Bonchev–Trinajstić information content (AvgIpc) is 3.19. The lowest BCUT2D eigenvalue weighted by Crippen LogP contribution is -2.41. The number of ether oxygens (including phenoxy) is 1. The summed E-state index contributed by atoms with van der Waals surface area (Å²) in [5.41, 5.74) is 6.10. The normalized spacial score (nSPS) is 22.0. The summed E-state index contributed by atoms with van der Waals surface area (Å²) < 4.78 is 5.82. The molecular weight excluding hydrogens is 386 g/mol. The fourth-order valence-corrected chi connectivity index (χ4v) is 5.19. The highest BCUT2D eigenvalue weighted by atomic mass is 16.5. The summed E-state index contributed by atoms with van der Waals surface area (Å²) in [6.07, 6.45) is 9.76. The third-order valence-corrected chi connectivity index (χ3v) is 6.81. The quantitative estimate of drug-likeness (QED) is 0.634. The molecule has 2 aromatic heterocycles. The van der Waals surface area contributed by atoms with E-state index in [1.54, 1.807) is 0 Å². The molecule has 0 spiro atoms. The van der Waals surface area contributed by atoms with E-state index < -0.39 is 0 Å². The molecule has 31 heavy (non-hydrogen) atoms. The number of benzene rings is 1. The zero-order valence-corrected chi connectivity index (χ0v) is 18.3. The smallest absolute Gasteiger partial charge is 0.225 e. The largest absolute Gasteiger partial charge is 0.378 e. The van der Waals surface area contributed by atoms with Gasteiger partial charge >= 0.3 is 0 Å². The monoisotopic (exact) mass is 417 g/mol. The van der Waals surface area contributed by atoms with Crippen molar-refractivity contribution in [2.24, 2.45) is 0 Å². The maximum absolute atomic E-state index is 13.0. The van der Waals surface area contributed by atoms with Crippen molar-refractivity contribution in [1.82, 2.24) is 14.9 Å². The van der Waals surface area contributed by atoms with Crippen molar-refractivity contribution in [2.45, 2.75) is 57.5 Å². The Bertz CT molecular complexity index is 1050. The molecule has 2 saturated heterocycles. The molecule has 0 bridgehead atoms. The second-order valence-corrected chi connectivity index (χ2v) is 9.07. The Balaban J connectivity index is 1.44. The molecular formula is C26H31N3O2. The highest BCUT2D eigenvalue weighted by Crippen LogP contribution is 2.39. The van der Waals surface area contributed by atoms with Crippen molar-refractivity contribution in [1.29, 1.82) is 0 Å². The number of fused-ring (bicyclic) bond motifs is 1. The van der Waals surface area contributed by atoms with Gasteiger partial charge in [0.25, 0.3) is 0 Å². The summed E-state index contributed by atoms with van der Waals surface area (Å²) in [5, 5.41) is 1.25. The number of hydrogen-bond acceptors (Lipinski definition) is 3. The van der Waals surface area contributed by atoms with Gasteiger partial charge in [-0.25, -0.2) is 0 Å². The molecule has 5 nitrogen and oxygen atoms in total. The number of piperidine rings is 1. The first kappa shape index (κ1) is 20.3. The summed E-state index contributed by atoms with van der Waals surface area (Å²) >= 11 is 0. The highest BCUT2D eigenvalue weighted by molar-refractivity contribution is 5.98. The number of aryl methyl sites for hydroxylation is 1. The molecule has 2 atom stereocenters. The molecule has 2 aliphatic heterocycles. The molecule has 4 heterocycles. The number of carbonyl (C=O) groups is 1. The summed E-state index contributed by atoms with van der Waals surface area (Å²) in [5.74, 6) is 0.551. The van der Waals surface area contributed by atoms with E-state index in [9.17, 15) is 4.79 Å². The second kappa shape index (κ2) is 8.83. The fourth-order valence-electron chi connectivity index (χ4n) is 5.19. The first-order valence-electron chi connectivity index (χ1n) is 11.6. The topological polar surface area (TPSA) is 58.2 Å². The minimum atomic E-state index is 0.102. The van der Waals surface area contributed by atoms with Crippen LogP contribution in [0.1, 0.15) is 55.7 Å². The van der Waals surface area contributed by atoms with Crippen molar-refractivity contribution < 1.29 is 9.53 Å². The molecule has 1 N–H and O–H groups in total. The van der Waals surface area contributed by atoms with Crippen molar-refractivity contribution in [3.63, 3.8) is 0 Å². The Labute approximate surface area is 183 Å². The van der Waals surface area contributed by atoms with Gasteiger partial charge < -0.3 is 14.6 Å². The lowest BCUT2D eigenvalue weighted by molar-refractivity contribution is -0.136. The standard InChI is InChI=1S/C26H31N3O2/c1-18-7-8-23-22(15-18)25(19-9-11-27-12-10-19)26(28-23)20-5-4-13-29(17-20)24(30)16-21-6-2-3-14-31-21/h7-12,15,20-21,28H,2-6,13-14,16-17H2,1H3/t20-,21-/m1/s1. The third kappa shape index (κ3) is 4.24. The van der Waals surface area contributed by atoms with Crippen molar-refractivity contribution in [3.05, 3.63) is 54.0 Å². The number of carbonyl (C=O) groups excluding carboxylic acids is 1. The molecule has 5 rings (SSSR count). The predicted octanol–water partition coefficient (Wildman–Crippen LogP) is 5.20. The van der Waals surface area contributed by atoms with Gasteiger partial charge in [-0.1, -0.05) is 11.6 Å². The average molecular weight is 418 g/mol. The molecule has 0 saturated carbocycles. The van der Waals surface area contributed by atoms with Crippen molar-refractivity contribution in [3.8, 4) is 11.1 Å². The molecule has 1 aromatic carbocycles. The zero-order valence-electron chi connectivity index (χ0n) is 18.3. The van der Waals surface area contributed by atoms with Crippen LogP contribution >= 0.6 is 0 Å². The van der Waals surface area contributed by atoms with Gasteiger partial charge in [0.05, 0.1) is 12.5 Å². The van der Waals surface area contributed by atoms with E-state index >= 15 is 0 Å². The van der Waals surface area contributed by atoms with Gasteiger partial charge in [0.15, 0.2) is 0 Å².